The van der Waals surface area contributed by atoms with Crippen molar-refractivity contribution in [2.75, 3.05) is 0 Å². The molecule has 0 aliphatic heterocycles. The van der Waals surface area contributed by atoms with Crippen molar-refractivity contribution in [1.29, 1.82) is 0 Å². The van der Waals surface area contributed by atoms with Crippen molar-refractivity contribution in [3.63, 3.8) is 0 Å². The zero-order valence-corrected chi connectivity index (χ0v) is 26.7. The van der Waals surface area contributed by atoms with Crippen molar-refractivity contribution in [3.05, 3.63) is 57.5 Å². The van der Waals surface area contributed by atoms with Crippen LogP contribution in [-0.4, -0.2) is 9.13 Å². The van der Waals surface area contributed by atoms with Crippen molar-refractivity contribution in [3.8, 4) is 0 Å². The highest BCUT2D eigenvalue weighted by atomic mass is 79.9. The van der Waals surface area contributed by atoms with Crippen LogP contribution in [0, 0.1) is 11.8 Å². The lowest BCUT2D eigenvalue weighted by Gasteiger charge is -2.18. The van der Waals surface area contributed by atoms with Crippen LogP contribution >= 0.6 is 31.9 Å². The van der Waals surface area contributed by atoms with Crippen LogP contribution in [0.3, 0.4) is 0 Å². The van der Waals surface area contributed by atoms with Gasteiger partial charge in [-0.05, 0) is 73.2 Å². The Morgan fingerprint density at radius 1 is 0.553 bits per heavy atom. The maximum atomic E-state index is 3.77. The molecule has 2 aromatic heterocycles. The average molecular weight is 639 g/mol. The Bertz CT molecular complexity index is 1440. The molecule has 0 saturated carbocycles. The summed E-state index contributed by atoms with van der Waals surface area (Å²) in [6, 6.07) is 18.7. The molecule has 0 aliphatic carbocycles. The molecular weight excluding hydrogens is 596 g/mol. The smallest absolute Gasteiger partial charge is 0.0512 e. The van der Waals surface area contributed by atoms with E-state index < -0.39 is 0 Å². The molecule has 0 bridgehead atoms. The summed E-state index contributed by atoms with van der Waals surface area (Å²) >= 11 is 7.53. The zero-order chi connectivity index (χ0) is 26.8. The third kappa shape index (κ3) is 5.32. The summed E-state index contributed by atoms with van der Waals surface area (Å²) in [4.78, 5) is 0. The molecule has 5 aromatic rings. The lowest BCUT2D eigenvalue weighted by atomic mass is 9.99. The second-order valence-corrected chi connectivity index (χ2v) is 13.1. The number of rotatable bonds is 12. The number of aromatic nitrogens is 2. The fourth-order valence-electron chi connectivity index (χ4n) is 6.38. The molecule has 5 rings (SSSR count). The first kappa shape index (κ1) is 27.8. The van der Waals surface area contributed by atoms with Crippen molar-refractivity contribution < 1.29 is 0 Å². The van der Waals surface area contributed by atoms with Crippen LogP contribution in [0.2, 0.25) is 0 Å². The third-order valence-electron chi connectivity index (χ3n) is 8.74. The van der Waals surface area contributed by atoms with Crippen LogP contribution in [0.15, 0.2) is 57.5 Å². The predicted octanol–water partition coefficient (Wildman–Crippen LogP) is 11.9. The highest BCUT2D eigenvalue weighted by Crippen LogP contribution is 2.39. The first-order valence-corrected chi connectivity index (χ1v) is 16.4. The van der Waals surface area contributed by atoms with Gasteiger partial charge in [-0.1, -0.05) is 98.1 Å². The molecule has 202 valence electrons. The van der Waals surface area contributed by atoms with Crippen LogP contribution < -0.4 is 0 Å². The lowest BCUT2D eigenvalue weighted by Crippen LogP contribution is -2.11. The van der Waals surface area contributed by atoms with Gasteiger partial charge in [-0.25, -0.2) is 0 Å². The number of hydrogen-bond donors (Lipinski definition) is 0. The molecule has 0 aliphatic rings. The van der Waals surface area contributed by atoms with Crippen molar-refractivity contribution >= 4 is 75.5 Å². The summed E-state index contributed by atoms with van der Waals surface area (Å²) in [6.07, 6.45) is 10.2. The summed E-state index contributed by atoms with van der Waals surface area (Å²) in [5.41, 5.74) is 5.48. The highest BCUT2D eigenvalue weighted by molar-refractivity contribution is 9.10. The van der Waals surface area contributed by atoms with E-state index in [4.69, 9.17) is 0 Å². The van der Waals surface area contributed by atoms with E-state index in [1.54, 1.807) is 0 Å². The van der Waals surface area contributed by atoms with Gasteiger partial charge in [0.25, 0.3) is 0 Å². The Morgan fingerprint density at radius 2 is 0.974 bits per heavy atom. The van der Waals surface area contributed by atoms with Gasteiger partial charge in [-0.3, -0.25) is 0 Å². The molecule has 0 N–H and O–H groups in total. The second-order valence-electron chi connectivity index (χ2n) is 11.3. The molecule has 0 saturated heterocycles. The minimum Gasteiger partial charge on any atom is -0.340 e. The normalized spacial score (nSPS) is 13.8. The molecule has 2 atom stereocenters. The number of benzene rings is 3. The van der Waals surface area contributed by atoms with Gasteiger partial charge in [0.2, 0.25) is 0 Å². The number of fused-ring (bicyclic) bond motifs is 6. The Balaban J connectivity index is 1.77. The van der Waals surface area contributed by atoms with E-state index >= 15 is 0 Å². The molecular formula is C34H42Br2N2. The van der Waals surface area contributed by atoms with Crippen LogP contribution in [-0.2, 0) is 13.1 Å². The molecule has 4 heteroatoms. The van der Waals surface area contributed by atoms with E-state index in [1.807, 2.05) is 0 Å². The Labute approximate surface area is 245 Å². The van der Waals surface area contributed by atoms with E-state index in [-0.39, 0.29) is 0 Å². The Hall–Kier alpha value is -1.78. The SMILES string of the molecule is CCCCC(CC)Cn1c2ccc(Br)cc2c2cc3c4cc(Br)ccc4n(CC(CC)CCCC)c3cc21. The summed E-state index contributed by atoms with van der Waals surface area (Å²) in [5, 5.41) is 5.45. The molecule has 2 unspecified atom stereocenters. The van der Waals surface area contributed by atoms with E-state index in [9.17, 15) is 0 Å². The molecule has 38 heavy (non-hydrogen) atoms. The third-order valence-corrected chi connectivity index (χ3v) is 9.73. The quantitative estimate of drug-likeness (QED) is 0.129. The van der Waals surface area contributed by atoms with Gasteiger partial charge in [-0.2, -0.15) is 0 Å². The Kier molecular flexibility index (Phi) is 8.89. The van der Waals surface area contributed by atoms with Gasteiger partial charge in [0.05, 0.1) is 11.0 Å². The van der Waals surface area contributed by atoms with E-state index in [0.29, 0.717) is 11.8 Å². The average Bonchev–Trinajstić information content (AvgIpc) is 3.38. The van der Waals surface area contributed by atoms with E-state index in [1.165, 1.54) is 95.0 Å². The summed E-state index contributed by atoms with van der Waals surface area (Å²) in [7, 11) is 0. The first-order valence-electron chi connectivity index (χ1n) is 14.8. The fourth-order valence-corrected chi connectivity index (χ4v) is 7.10. The lowest BCUT2D eigenvalue weighted by molar-refractivity contribution is 0.400. The van der Waals surface area contributed by atoms with Gasteiger partial charge in [-0.15, -0.1) is 0 Å². The van der Waals surface area contributed by atoms with Gasteiger partial charge in [0, 0.05) is 54.6 Å². The minimum atomic E-state index is 0.702. The highest BCUT2D eigenvalue weighted by Gasteiger charge is 2.20. The monoisotopic (exact) mass is 636 g/mol. The van der Waals surface area contributed by atoms with Crippen LogP contribution in [0.5, 0.6) is 0 Å². The number of nitrogens with zero attached hydrogens (tertiary/aromatic N) is 2. The van der Waals surface area contributed by atoms with E-state index in [0.717, 1.165) is 22.0 Å². The minimum absolute atomic E-state index is 0.702. The second kappa shape index (κ2) is 12.2. The van der Waals surface area contributed by atoms with Crippen LogP contribution in [0.25, 0.3) is 43.6 Å². The van der Waals surface area contributed by atoms with Crippen LogP contribution in [0.4, 0.5) is 0 Å². The molecule has 0 amide bonds. The Morgan fingerprint density at radius 3 is 1.37 bits per heavy atom. The molecule has 0 radical (unpaired) electrons. The molecule has 2 nitrogen and oxygen atoms in total. The maximum absolute atomic E-state index is 3.77. The molecule has 2 heterocycles. The van der Waals surface area contributed by atoms with Crippen molar-refractivity contribution in [1.82, 2.24) is 9.13 Å². The van der Waals surface area contributed by atoms with Gasteiger partial charge < -0.3 is 9.13 Å². The zero-order valence-electron chi connectivity index (χ0n) is 23.5. The topological polar surface area (TPSA) is 9.86 Å². The summed E-state index contributed by atoms with van der Waals surface area (Å²) < 4.78 is 7.56. The van der Waals surface area contributed by atoms with Gasteiger partial charge >= 0.3 is 0 Å². The predicted molar refractivity (Wildman–Crippen MR) is 174 cm³/mol. The molecule has 0 spiro atoms. The number of hydrogen-bond acceptors (Lipinski definition) is 0. The molecule has 0 fully saturated rings. The summed E-state index contributed by atoms with van der Waals surface area (Å²) in [6.45, 7) is 11.5. The van der Waals surface area contributed by atoms with Crippen molar-refractivity contribution in [2.24, 2.45) is 11.8 Å². The van der Waals surface area contributed by atoms with E-state index in [2.05, 4.69) is 117 Å². The first-order chi connectivity index (χ1) is 18.5. The summed E-state index contributed by atoms with van der Waals surface area (Å²) in [5.74, 6) is 1.40. The number of halogens is 2. The van der Waals surface area contributed by atoms with Gasteiger partial charge in [0.15, 0.2) is 0 Å². The fraction of sp³-hybridized carbons (Fsp3) is 0.471. The largest absolute Gasteiger partial charge is 0.340 e. The van der Waals surface area contributed by atoms with Gasteiger partial charge in [0.1, 0.15) is 0 Å². The number of unbranched alkanes of at least 4 members (excludes halogenated alkanes) is 2. The maximum Gasteiger partial charge on any atom is 0.0512 e. The van der Waals surface area contributed by atoms with Crippen LogP contribution in [0.1, 0.15) is 79.1 Å². The molecule has 3 aromatic carbocycles. The standard InChI is InChI=1S/C34H42Br2N2/c1-5-9-11-23(7-3)21-37-31-15-13-25(35)17-27(31)29-19-30-28-18-26(36)14-16-32(28)38(34(30)20-33(29)37)22-24(8-4)12-10-6-2/h13-20,23-24H,5-12,21-22H2,1-4H3. The van der Waals surface area contributed by atoms with Crippen molar-refractivity contribution in [2.45, 2.75) is 92.2 Å².